The normalized spacial score (nSPS) is 16.9. The largest absolute Gasteiger partial charge is 0.341 e. The van der Waals surface area contributed by atoms with E-state index in [9.17, 15) is 4.79 Å². The van der Waals surface area contributed by atoms with Crippen LogP contribution in [0, 0.1) is 12.8 Å². The van der Waals surface area contributed by atoms with Crippen LogP contribution in [0.5, 0.6) is 0 Å². The topological polar surface area (TPSA) is 49.3 Å². The van der Waals surface area contributed by atoms with Gasteiger partial charge in [0.1, 0.15) is 0 Å². The summed E-state index contributed by atoms with van der Waals surface area (Å²) in [6, 6.07) is 6.20. The zero-order valence-electron chi connectivity index (χ0n) is 14.5. The fourth-order valence-corrected chi connectivity index (χ4v) is 4.10. The minimum atomic E-state index is 0.0958. The van der Waals surface area contributed by atoms with E-state index in [1.54, 1.807) is 23.7 Å². The van der Waals surface area contributed by atoms with Crippen LogP contribution >= 0.6 is 11.3 Å². The molecule has 24 heavy (non-hydrogen) atoms. The number of hydrogen-bond acceptors (Lipinski definition) is 5. The summed E-state index contributed by atoms with van der Waals surface area (Å²) in [6.07, 6.45) is 5.24. The Morgan fingerprint density at radius 3 is 2.54 bits per heavy atom. The van der Waals surface area contributed by atoms with Gasteiger partial charge in [-0.15, -0.1) is 11.3 Å². The van der Waals surface area contributed by atoms with Gasteiger partial charge in [0.25, 0.3) is 0 Å². The van der Waals surface area contributed by atoms with Gasteiger partial charge in [0.05, 0.1) is 6.04 Å². The van der Waals surface area contributed by atoms with Crippen molar-refractivity contribution in [2.24, 2.45) is 5.92 Å². The van der Waals surface area contributed by atoms with Gasteiger partial charge in [0, 0.05) is 48.2 Å². The van der Waals surface area contributed by atoms with Gasteiger partial charge in [0.15, 0.2) is 0 Å². The fourth-order valence-electron chi connectivity index (χ4n) is 3.13. The van der Waals surface area contributed by atoms with Crippen LogP contribution in [0.15, 0.2) is 30.6 Å². The molecule has 2 aromatic heterocycles. The van der Waals surface area contributed by atoms with E-state index in [-0.39, 0.29) is 17.9 Å². The minimum absolute atomic E-state index is 0.0958. The highest BCUT2D eigenvalue weighted by molar-refractivity contribution is 7.12. The lowest BCUT2D eigenvalue weighted by atomic mass is 9.95. The summed E-state index contributed by atoms with van der Waals surface area (Å²) < 4.78 is 0. The summed E-state index contributed by atoms with van der Waals surface area (Å²) in [5.41, 5.74) is 0. The third-order valence-electron chi connectivity index (χ3n) is 4.78. The molecule has 1 aliphatic heterocycles. The molecular weight excluding hydrogens is 320 g/mol. The first-order chi connectivity index (χ1) is 11.6. The van der Waals surface area contributed by atoms with Crippen LogP contribution in [0.3, 0.4) is 0 Å². The smallest absolute Gasteiger partial charge is 0.226 e. The first kappa shape index (κ1) is 16.9. The lowest BCUT2D eigenvalue weighted by Crippen LogP contribution is -2.42. The molecule has 1 amide bonds. The maximum atomic E-state index is 12.8. The van der Waals surface area contributed by atoms with E-state index in [0.717, 1.165) is 31.9 Å². The third kappa shape index (κ3) is 3.59. The molecule has 0 bridgehead atoms. The van der Waals surface area contributed by atoms with Gasteiger partial charge in [0.2, 0.25) is 11.9 Å². The zero-order valence-corrected chi connectivity index (χ0v) is 15.3. The van der Waals surface area contributed by atoms with Gasteiger partial charge in [-0.3, -0.25) is 4.79 Å². The SMILES string of the molecule is Cc1ccc(C(C)N(C)C(=O)C2CCN(c3ncccn3)CC2)s1. The van der Waals surface area contributed by atoms with Gasteiger partial charge in [-0.1, -0.05) is 0 Å². The predicted octanol–water partition coefficient (Wildman–Crippen LogP) is 3.28. The highest BCUT2D eigenvalue weighted by Gasteiger charge is 2.30. The second-order valence-corrected chi connectivity index (χ2v) is 7.70. The molecule has 0 spiro atoms. The zero-order chi connectivity index (χ0) is 17.1. The van der Waals surface area contributed by atoms with Gasteiger partial charge in [-0.25, -0.2) is 9.97 Å². The molecule has 1 unspecified atom stereocenters. The summed E-state index contributed by atoms with van der Waals surface area (Å²) in [6.45, 7) is 5.88. The van der Waals surface area contributed by atoms with Gasteiger partial charge in [-0.2, -0.15) is 0 Å². The van der Waals surface area contributed by atoms with Crippen molar-refractivity contribution in [2.75, 3.05) is 25.0 Å². The van der Waals surface area contributed by atoms with Crippen molar-refractivity contribution in [3.05, 3.63) is 40.3 Å². The highest BCUT2D eigenvalue weighted by Crippen LogP contribution is 2.29. The monoisotopic (exact) mass is 344 g/mol. The molecule has 0 saturated carbocycles. The number of amides is 1. The third-order valence-corrected chi connectivity index (χ3v) is 5.95. The molecule has 0 aromatic carbocycles. The van der Waals surface area contributed by atoms with E-state index in [0.29, 0.717) is 0 Å². The molecule has 2 aromatic rings. The van der Waals surface area contributed by atoms with Crippen LogP contribution in [0.25, 0.3) is 0 Å². The molecule has 3 heterocycles. The standard InChI is InChI=1S/C18H24N4OS/c1-13-5-6-16(24-13)14(2)21(3)17(23)15-7-11-22(12-8-15)18-19-9-4-10-20-18/h4-6,9-10,14-15H,7-8,11-12H2,1-3H3. The summed E-state index contributed by atoms with van der Waals surface area (Å²) in [5, 5.41) is 0. The Hall–Kier alpha value is -1.95. The Bertz CT molecular complexity index is 679. The quantitative estimate of drug-likeness (QED) is 0.854. The number of hydrogen-bond donors (Lipinski definition) is 0. The van der Waals surface area contributed by atoms with Gasteiger partial charge in [-0.05, 0) is 44.9 Å². The summed E-state index contributed by atoms with van der Waals surface area (Å²) in [5.74, 6) is 1.11. The number of nitrogens with zero attached hydrogens (tertiary/aromatic N) is 4. The first-order valence-electron chi connectivity index (χ1n) is 8.41. The van der Waals surface area contributed by atoms with Crippen molar-refractivity contribution < 1.29 is 4.79 Å². The van der Waals surface area contributed by atoms with Crippen LogP contribution in [0.1, 0.15) is 35.6 Å². The van der Waals surface area contributed by atoms with Crippen molar-refractivity contribution in [1.29, 1.82) is 0 Å². The molecule has 5 nitrogen and oxygen atoms in total. The van der Waals surface area contributed by atoms with E-state index in [1.165, 1.54) is 9.75 Å². The Balaban J connectivity index is 1.58. The first-order valence-corrected chi connectivity index (χ1v) is 9.23. The molecule has 0 aliphatic carbocycles. The van der Waals surface area contributed by atoms with E-state index >= 15 is 0 Å². The van der Waals surface area contributed by atoms with Crippen molar-refractivity contribution in [3.63, 3.8) is 0 Å². The average Bonchev–Trinajstić information content (AvgIpc) is 3.07. The molecule has 3 rings (SSSR count). The van der Waals surface area contributed by atoms with Crippen molar-refractivity contribution >= 4 is 23.2 Å². The summed E-state index contributed by atoms with van der Waals surface area (Å²) in [4.78, 5) is 28.0. The van der Waals surface area contributed by atoms with E-state index in [2.05, 4.69) is 40.8 Å². The number of anilines is 1. The summed E-state index contributed by atoms with van der Waals surface area (Å²) in [7, 11) is 1.93. The van der Waals surface area contributed by atoms with Crippen molar-refractivity contribution in [1.82, 2.24) is 14.9 Å². The lowest BCUT2D eigenvalue weighted by molar-refractivity contribution is -0.136. The Morgan fingerprint density at radius 1 is 1.29 bits per heavy atom. The minimum Gasteiger partial charge on any atom is -0.341 e. The second kappa shape index (κ2) is 7.30. The molecule has 1 atom stereocenters. The van der Waals surface area contributed by atoms with Gasteiger partial charge < -0.3 is 9.80 Å². The molecule has 1 aliphatic rings. The maximum Gasteiger partial charge on any atom is 0.226 e. The Labute approximate surface area is 147 Å². The Kier molecular flexibility index (Phi) is 5.14. The molecule has 128 valence electrons. The number of carbonyl (C=O) groups excluding carboxylic acids is 1. The molecule has 1 fully saturated rings. The number of aryl methyl sites for hydroxylation is 1. The number of thiophene rings is 1. The van der Waals surface area contributed by atoms with E-state index in [1.807, 2.05) is 18.0 Å². The molecule has 6 heteroatoms. The van der Waals surface area contributed by atoms with E-state index < -0.39 is 0 Å². The summed E-state index contributed by atoms with van der Waals surface area (Å²) >= 11 is 1.77. The van der Waals surface area contributed by atoms with Crippen molar-refractivity contribution in [3.8, 4) is 0 Å². The van der Waals surface area contributed by atoms with Gasteiger partial charge >= 0.3 is 0 Å². The molecule has 1 saturated heterocycles. The number of aromatic nitrogens is 2. The van der Waals surface area contributed by atoms with Crippen LogP contribution in [0.2, 0.25) is 0 Å². The molecule has 0 N–H and O–H groups in total. The number of rotatable bonds is 4. The van der Waals surface area contributed by atoms with Crippen molar-refractivity contribution in [2.45, 2.75) is 32.7 Å². The lowest BCUT2D eigenvalue weighted by Gasteiger charge is -2.34. The molecular formula is C18H24N4OS. The van der Waals surface area contributed by atoms with Crippen LogP contribution in [-0.4, -0.2) is 40.9 Å². The fraction of sp³-hybridized carbons (Fsp3) is 0.500. The highest BCUT2D eigenvalue weighted by atomic mass is 32.1. The van der Waals surface area contributed by atoms with E-state index in [4.69, 9.17) is 0 Å². The average molecular weight is 344 g/mol. The van der Waals surface area contributed by atoms with Crippen LogP contribution < -0.4 is 4.90 Å². The second-order valence-electron chi connectivity index (χ2n) is 6.38. The maximum absolute atomic E-state index is 12.8. The van der Waals surface area contributed by atoms with Crippen LogP contribution in [0.4, 0.5) is 5.95 Å². The van der Waals surface area contributed by atoms with Crippen LogP contribution in [-0.2, 0) is 4.79 Å². The number of piperidine rings is 1. The predicted molar refractivity (Wildman–Crippen MR) is 97.2 cm³/mol. The molecule has 0 radical (unpaired) electrons. The Morgan fingerprint density at radius 2 is 1.96 bits per heavy atom. The number of carbonyl (C=O) groups is 1.